The highest BCUT2D eigenvalue weighted by atomic mass is 32.2. The lowest BCUT2D eigenvalue weighted by atomic mass is 10.1. The van der Waals surface area contributed by atoms with Crippen molar-refractivity contribution < 1.29 is 18.0 Å². The molecule has 0 saturated carbocycles. The Morgan fingerprint density at radius 1 is 0.970 bits per heavy atom. The van der Waals surface area contributed by atoms with Gasteiger partial charge in [-0.3, -0.25) is 14.5 Å². The van der Waals surface area contributed by atoms with Crippen LogP contribution < -0.4 is 5.32 Å². The standard InChI is InChI=1S/C24H32N4O4S/c1-19-8-10-20(11-9-19)16-24(30)28-14-12-27(13-15-28)18-23(29)25-17-21-6-4-5-7-22(21)33(31,32)26(2)3/h4-11H,12-18H2,1-3H3,(H,25,29). The van der Waals surface area contributed by atoms with E-state index in [2.05, 4.69) is 5.32 Å². The van der Waals surface area contributed by atoms with Crippen LogP contribution in [0.2, 0.25) is 0 Å². The second-order valence-corrected chi connectivity index (χ2v) is 10.6. The number of piperazine rings is 1. The number of hydrogen-bond donors (Lipinski definition) is 1. The highest BCUT2D eigenvalue weighted by Gasteiger charge is 2.23. The van der Waals surface area contributed by atoms with Gasteiger partial charge < -0.3 is 10.2 Å². The van der Waals surface area contributed by atoms with Gasteiger partial charge >= 0.3 is 0 Å². The van der Waals surface area contributed by atoms with Gasteiger partial charge in [-0.25, -0.2) is 12.7 Å². The maximum atomic E-state index is 12.6. The summed E-state index contributed by atoms with van der Waals surface area (Å²) in [6, 6.07) is 14.6. The number of amides is 2. The molecular weight excluding hydrogens is 440 g/mol. The Hall–Kier alpha value is -2.75. The first kappa shape index (κ1) is 24.9. The van der Waals surface area contributed by atoms with E-state index in [-0.39, 0.29) is 29.8 Å². The van der Waals surface area contributed by atoms with Crippen LogP contribution in [0.1, 0.15) is 16.7 Å². The van der Waals surface area contributed by atoms with Gasteiger partial charge in [0.05, 0.1) is 17.9 Å². The van der Waals surface area contributed by atoms with E-state index in [4.69, 9.17) is 0 Å². The number of benzene rings is 2. The molecule has 1 saturated heterocycles. The maximum absolute atomic E-state index is 12.6. The van der Waals surface area contributed by atoms with Crippen LogP contribution >= 0.6 is 0 Å². The minimum atomic E-state index is -3.59. The van der Waals surface area contributed by atoms with E-state index in [9.17, 15) is 18.0 Å². The smallest absolute Gasteiger partial charge is 0.242 e. The van der Waals surface area contributed by atoms with Gasteiger partial charge in [-0.15, -0.1) is 0 Å². The van der Waals surface area contributed by atoms with Gasteiger partial charge in [-0.2, -0.15) is 0 Å². The number of aryl methyl sites for hydroxylation is 1. The summed E-state index contributed by atoms with van der Waals surface area (Å²) < 4.78 is 26.2. The topological polar surface area (TPSA) is 90.0 Å². The summed E-state index contributed by atoms with van der Waals surface area (Å²) in [5.41, 5.74) is 2.72. The lowest BCUT2D eigenvalue weighted by molar-refractivity contribution is -0.132. The molecule has 0 aromatic heterocycles. The van der Waals surface area contributed by atoms with Crippen LogP contribution in [0.4, 0.5) is 0 Å². The predicted octanol–water partition coefficient (Wildman–Crippen LogP) is 1.25. The molecule has 178 valence electrons. The van der Waals surface area contributed by atoms with E-state index >= 15 is 0 Å². The first-order valence-corrected chi connectivity index (χ1v) is 12.4. The third kappa shape index (κ3) is 6.63. The van der Waals surface area contributed by atoms with Gasteiger partial charge in [0, 0.05) is 46.8 Å². The zero-order valence-corrected chi connectivity index (χ0v) is 20.3. The number of carbonyl (C=O) groups is 2. The zero-order chi connectivity index (χ0) is 24.0. The molecule has 0 bridgehead atoms. The molecule has 0 atom stereocenters. The van der Waals surface area contributed by atoms with Crippen LogP contribution in [-0.2, 0) is 32.6 Å². The molecule has 0 unspecified atom stereocenters. The molecule has 3 rings (SSSR count). The summed E-state index contributed by atoms with van der Waals surface area (Å²) in [5.74, 6) is -0.0758. The number of carbonyl (C=O) groups excluding carboxylic acids is 2. The first-order chi connectivity index (χ1) is 15.7. The molecule has 2 aromatic carbocycles. The fraction of sp³-hybridized carbons (Fsp3) is 0.417. The Kier molecular flexibility index (Phi) is 8.23. The molecule has 1 aliphatic heterocycles. The molecular formula is C24H32N4O4S. The van der Waals surface area contributed by atoms with E-state index in [0.29, 0.717) is 38.2 Å². The Labute approximate surface area is 196 Å². The normalized spacial score (nSPS) is 15.0. The average Bonchev–Trinajstić information content (AvgIpc) is 2.79. The minimum absolute atomic E-state index is 0.0988. The number of hydrogen-bond acceptors (Lipinski definition) is 5. The van der Waals surface area contributed by atoms with Gasteiger partial charge in [0.15, 0.2) is 0 Å². The van der Waals surface area contributed by atoms with Gasteiger partial charge in [-0.05, 0) is 24.1 Å². The Balaban J connectivity index is 1.46. The van der Waals surface area contributed by atoms with Crippen molar-refractivity contribution >= 4 is 21.8 Å². The van der Waals surface area contributed by atoms with Crippen LogP contribution in [0.5, 0.6) is 0 Å². The summed E-state index contributed by atoms with van der Waals surface area (Å²) in [6.07, 6.45) is 0.385. The fourth-order valence-electron chi connectivity index (χ4n) is 3.70. The monoisotopic (exact) mass is 472 g/mol. The molecule has 0 spiro atoms. The molecule has 0 aliphatic carbocycles. The Morgan fingerprint density at radius 3 is 2.24 bits per heavy atom. The molecule has 1 fully saturated rings. The number of rotatable bonds is 8. The summed E-state index contributed by atoms with van der Waals surface area (Å²) in [7, 11) is -0.624. The number of nitrogens with one attached hydrogen (secondary N) is 1. The molecule has 2 aromatic rings. The van der Waals surface area contributed by atoms with E-state index in [1.807, 2.05) is 41.0 Å². The molecule has 0 radical (unpaired) electrons. The van der Waals surface area contributed by atoms with Crippen molar-refractivity contribution in [2.75, 3.05) is 46.8 Å². The van der Waals surface area contributed by atoms with Crippen LogP contribution in [-0.4, -0.2) is 81.2 Å². The molecule has 1 heterocycles. The van der Waals surface area contributed by atoms with Crippen molar-refractivity contribution in [1.82, 2.24) is 19.4 Å². The molecule has 1 N–H and O–H groups in total. The number of sulfonamides is 1. The lowest BCUT2D eigenvalue weighted by Crippen LogP contribution is -2.51. The molecule has 2 amide bonds. The van der Waals surface area contributed by atoms with Crippen molar-refractivity contribution in [3.8, 4) is 0 Å². The largest absolute Gasteiger partial charge is 0.351 e. The van der Waals surface area contributed by atoms with E-state index < -0.39 is 10.0 Å². The summed E-state index contributed by atoms with van der Waals surface area (Å²) in [4.78, 5) is 29.1. The second-order valence-electron chi connectivity index (χ2n) is 8.49. The summed E-state index contributed by atoms with van der Waals surface area (Å²) in [5, 5.41) is 2.82. The van der Waals surface area contributed by atoms with Gasteiger partial charge in [0.1, 0.15) is 0 Å². The summed E-state index contributed by atoms with van der Waals surface area (Å²) in [6.45, 7) is 4.78. The van der Waals surface area contributed by atoms with E-state index in [0.717, 1.165) is 9.87 Å². The van der Waals surface area contributed by atoms with E-state index in [1.165, 1.54) is 19.7 Å². The van der Waals surface area contributed by atoms with Crippen LogP contribution in [0.3, 0.4) is 0 Å². The summed E-state index contributed by atoms with van der Waals surface area (Å²) >= 11 is 0. The number of nitrogens with zero attached hydrogens (tertiary/aromatic N) is 3. The Morgan fingerprint density at radius 2 is 1.61 bits per heavy atom. The predicted molar refractivity (Wildman–Crippen MR) is 127 cm³/mol. The third-order valence-electron chi connectivity index (χ3n) is 5.78. The Bertz CT molecular complexity index is 1080. The fourth-order valence-corrected chi connectivity index (χ4v) is 4.81. The van der Waals surface area contributed by atoms with Crippen LogP contribution in [0.25, 0.3) is 0 Å². The van der Waals surface area contributed by atoms with Gasteiger partial charge in [0.25, 0.3) is 0 Å². The molecule has 1 aliphatic rings. The average molecular weight is 473 g/mol. The van der Waals surface area contributed by atoms with Gasteiger partial charge in [-0.1, -0.05) is 48.0 Å². The third-order valence-corrected chi connectivity index (χ3v) is 7.69. The van der Waals surface area contributed by atoms with Crippen molar-refractivity contribution in [2.24, 2.45) is 0 Å². The maximum Gasteiger partial charge on any atom is 0.242 e. The second kappa shape index (κ2) is 10.9. The van der Waals surface area contributed by atoms with Crippen molar-refractivity contribution in [3.05, 3.63) is 65.2 Å². The van der Waals surface area contributed by atoms with E-state index in [1.54, 1.807) is 24.3 Å². The van der Waals surface area contributed by atoms with Crippen molar-refractivity contribution in [2.45, 2.75) is 24.8 Å². The SMILES string of the molecule is Cc1ccc(CC(=O)N2CCN(CC(=O)NCc3ccccc3S(=O)(=O)N(C)C)CC2)cc1. The highest BCUT2D eigenvalue weighted by Crippen LogP contribution is 2.18. The van der Waals surface area contributed by atoms with Crippen molar-refractivity contribution in [3.63, 3.8) is 0 Å². The molecule has 8 nitrogen and oxygen atoms in total. The zero-order valence-electron chi connectivity index (χ0n) is 19.5. The van der Waals surface area contributed by atoms with Crippen LogP contribution in [0, 0.1) is 6.92 Å². The van der Waals surface area contributed by atoms with Crippen molar-refractivity contribution in [1.29, 1.82) is 0 Å². The highest BCUT2D eigenvalue weighted by molar-refractivity contribution is 7.89. The van der Waals surface area contributed by atoms with Gasteiger partial charge in [0.2, 0.25) is 21.8 Å². The minimum Gasteiger partial charge on any atom is -0.351 e. The first-order valence-electron chi connectivity index (χ1n) is 11.0. The van der Waals surface area contributed by atoms with Crippen LogP contribution in [0.15, 0.2) is 53.4 Å². The lowest BCUT2D eigenvalue weighted by Gasteiger charge is -2.34. The molecule has 33 heavy (non-hydrogen) atoms. The quantitative estimate of drug-likeness (QED) is 0.625. The molecule has 9 heteroatoms.